The van der Waals surface area contributed by atoms with Crippen molar-refractivity contribution in [3.63, 3.8) is 0 Å². The van der Waals surface area contributed by atoms with E-state index < -0.39 is 0 Å². The van der Waals surface area contributed by atoms with Crippen LogP contribution < -0.4 is 0 Å². The maximum Gasteiger partial charge on any atom is 0.178 e. The van der Waals surface area contributed by atoms with Gasteiger partial charge in [-0.1, -0.05) is 0 Å². The molecular formula is C7H18N4Y-2. The fourth-order valence-corrected chi connectivity index (χ4v) is 0.724. The molecule has 0 aliphatic heterocycles. The van der Waals surface area contributed by atoms with Crippen molar-refractivity contribution >= 4 is 5.96 Å². The molecule has 0 aliphatic rings. The predicted molar refractivity (Wildman–Crippen MR) is 50.5 cm³/mol. The van der Waals surface area contributed by atoms with E-state index in [0.717, 1.165) is 5.96 Å². The van der Waals surface area contributed by atoms with E-state index in [4.69, 9.17) is 0 Å². The first-order chi connectivity index (χ1) is 4.63. The van der Waals surface area contributed by atoms with Crippen molar-refractivity contribution in [1.29, 1.82) is 0 Å². The molecule has 0 aromatic heterocycles. The van der Waals surface area contributed by atoms with Gasteiger partial charge in [0, 0.05) is 53.9 Å². The number of hydrogen-bond donors (Lipinski definition) is 0. The number of nitrogens with zero attached hydrogens (tertiary/aromatic N) is 4. The van der Waals surface area contributed by atoms with Gasteiger partial charge in [-0.25, -0.2) is 0 Å². The van der Waals surface area contributed by atoms with Crippen molar-refractivity contribution in [2.24, 2.45) is 4.99 Å². The Kier molecular flexibility index (Phi) is 14.3. The Labute approximate surface area is 101 Å². The largest absolute Gasteiger partial charge is 0.569 e. The zero-order valence-electron chi connectivity index (χ0n) is 8.87. The van der Waals surface area contributed by atoms with Gasteiger partial charge in [-0.2, -0.15) is 0 Å². The zero-order chi connectivity index (χ0) is 8.15. The zero-order valence-corrected chi connectivity index (χ0v) is 11.7. The van der Waals surface area contributed by atoms with Crippen molar-refractivity contribution in [3.05, 3.63) is 12.9 Å². The number of rotatable bonds is 1. The van der Waals surface area contributed by atoms with Gasteiger partial charge in [0.1, 0.15) is 0 Å². The smallest absolute Gasteiger partial charge is 0.178 e. The van der Waals surface area contributed by atoms with Gasteiger partial charge >= 0.3 is 0 Å². The Morgan fingerprint density at radius 2 is 1.67 bits per heavy atom. The number of guanidine groups is 1. The van der Waals surface area contributed by atoms with Gasteiger partial charge in [-0.05, 0) is 7.05 Å². The first-order valence-corrected chi connectivity index (χ1v) is 3.11. The van der Waals surface area contributed by atoms with Gasteiger partial charge in [-0.15, -0.1) is 7.05 Å². The van der Waals surface area contributed by atoms with Crippen LogP contribution in [0.3, 0.4) is 0 Å². The van der Waals surface area contributed by atoms with E-state index in [2.05, 4.69) is 10.4 Å². The van der Waals surface area contributed by atoms with Crippen molar-refractivity contribution in [3.8, 4) is 0 Å². The molecule has 0 amide bonds. The second kappa shape index (κ2) is 9.42. The van der Waals surface area contributed by atoms with Gasteiger partial charge in [0.25, 0.3) is 0 Å². The summed E-state index contributed by atoms with van der Waals surface area (Å²) in [5.74, 6) is 0.850. The van der Waals surface area contributed by atoms with Crippen LogP contribution in [0.4, 0.5) is 0 Å². The molecule has 4 nitrogen and oxygen atoms in total. The maximum atomic E-state index is 4.03. The molecule has 0 spiro atoms. The number of hydrogen-bond acceptors (Lipinski definition) is 1. The van der Waals surface area contributed by atoms with Crippen LogP contribution >= 0.6 is 0 Å². The maximum absolute atomic E-state index is 4.03. The molecule has 0 atom stereocenters. The molecule has 1 radical (unpaired) electrons. The van der Waals surface area contributed by atoms with E-state index in [-0.39, 0.29) is 40.1 Å². The van der Waals surface area contributed by atoms with Gasteiger partial charge in [0.05, 0.1) is 0 Å². The Balaban J connectivity index is -0.000000405. The molecule has 0 N–H and O–H groups in total. The summed E-state index contributed by atoms with van der Waals surface area (Å²) in [6.07, 6.45) is 0. The normalized spacial score (nSPS) is 9.58. The summed E-state index contributed by atoms with van der Waals surface area (Å²) in [6, 6.07) is 0. The average Bonchev–Trinajstić information content (AvgIpc) is 1.88. The fourth-order valence-electron chi connectivity index (χ4n) is 0.724. The minimum atomic E-state index is 0. The molecule has 0 aromatic rings. The summed E-state index contributed by atoms with van der Waals surface area (Å²) >= 11 is 0. The molecule has 0 unspecified atom stereocenters. The third-order valence-electron chi connectivity index (χ3n) is 1.19. The third kappa shape index (κ3) is 5.92. The Hall–Kier alpha value is 0.334. The summed E-state index contributed by atoms with van der Waals surface area (Å²) in [5, 5.41) is 1.72. The molecule has 71 valence electrons. The summed E-state index contributed by atoms with van der Waals surface area (Å²) in [6.45, 7) is 0. The van der Waals surface area contributed by atoms with Gasteiger partial charge in [0.15, 0.2) is 5.96 Å². The second-order valence-electron chi connectivity index (χ2n) is 2.14. The molecule has 0 aromatic carbocycles. The van der Waals surface area contributed by atoms with E-state index in [1.165, 1.54) is 0 Å². The molecular weight excluding hydrogens is 229 g/mol. The fraction of sp³-hybridized carbons (Fsp3) is 0.714. The van der Waals surface area contributed by atoms with E-state index in [1.54, 1.807) is 19.1 Å². The van der Waals surface area contributed by atoms with Crippen LogP contribution in [0.5, 0.6) is 0 Å². The first kappa shape index (κ1) is 18.2. The average molecular weight is 247 g/mol. The predicted octanol–water partition coefficient (Wildman–Crippen LogP) is 0.832. The van der Waals surface area contributed by atoms with E-state index in [1.807, 2.05) is 26.0 Å². The second-order valence-corrected chi connectivity index (χ2v) is 2.14. The molecule has 0 heterocycles. The summed E-state index contributed by atoms with van der Waals surface area (Å²) in [4.78, 5) is 5.94. The Morgan fingerprint density at radius 3 is 1.75 bits per heavy atom. The standard InChI is InChI=1S/C6H15N4.CH3.Y/c1-7-6(9(3)4)10(5)8-2;;/h1-5H3;1H3;/q2*-1;. The van der Waals surface area contributed by atoms with Crippen LogP contribution in [0.15, 0.2) is 4.99 Å². The minimum absolute atomic E-state index is 0. The Morgan fingerprint density at radius 1 is 1.25 bits per heavy atom. The molecule has 0 saturated carbocycles. The van der Waals surface area contributed by atoms with Gasteiger partial charge < -0.3 is 22.8 Å². The monoisotopic (exact) mass is 247 g/mol. The van der Waals surface area contributed by atoms with E-state index in [0.29, 0.717) is 0 Å². The quantitative estimate of drug-likeness (QED) is 0.297. The van der Waals surface area contributed by atoms with Crippen molar-refractivity contribution in [2.45, 2.75) is 0 Å². The third-order valence-corrected chi connectivity index (χ3v) is 1.19. The van der Waals surface area contributed by atoms with Crippen LogP contribution in [0, 0.1) is 7.43 Å². The van der Waals surface area contributed by atoms with Crippen molar-refractivity contribution in [1.82, 2.24) is 9.91 Å². The minimum Gasteiger partial charge on any atom is -0.569 e. The molecule has 5 heteroatoms. The van der Waals surface area contributed by atoms with Crippen molar-refractivity contribution in [2.75, 3.05) is 35.2 Å². The molecule has 0 aliphatic carbocycles. The van der Waals surface area contributed by atoms with Gasteiger partial charge in [-0.3, -0.25) is 4.99 Å². The summed E-state index contributed by atoms with van der Waals surface area (Å²) < 4.78 is 0. The van der Waals surface area contributed by atoms with Crippen molar-refractivity contribution < 1.29 is 32.7 Å². The molecule has 0 bridgehead atoms. The van der Waals surface area contributed by atoms with Crippen LogP contribution in [0.1, 0.15) is 0 Å². The van der Waals surface area contributed by atoms with Crippen LogP contribution in [0.25, 0.3) is 5.43 Å². The summed E-state index contributed by atoms with van der Waals surface area (Å²) in [5.41, 5.74) is 3.94. The van der Waals surface area contributed by atoms with Crippen LogP contribution in [0.2, 0.25) is 0 Å². The molecule has 12 heavy (non-hydrogen) atoms. The molecule has 0 fully saturated rings. The number of aliphatic imine (C=N–C) groups is 1. The van der Waals surface area contributed by atoms with Gasteiger partial charge in [0.2, 0.25) is 0 Å². The first-order valence-electron chi connectivity index (χ1n) is 3.11. The molecule has 0 rings (SSSR count). The van der Waals surface area contributed by atoms with Crippen LogP contribution in [-0.4, -0.2) is 51.1 Å². The van der Waals surface area contributed by atoms with E-state index in [9.17, 15) is 0 Å². The summed E-state index contributed by atoms with van der Waals surface area (Å²) in [7, 11) is 9.21. The molecule has 0 saturated heterocycles. The SMILES string of the molecule is CN=C(N(C)C)N(C)[N-]C.[CH3-].[Y]. The van der Waals surface area contributed by atoms with Crippen LogP contribution in [-0.2, 0) is 32.7 Å². The Bertz CT molecular complexity index is 125. The topological polar surface area (TPSA) is 32.9 Å². The van der Waals surface area contributed by atoms with E-state index >= 15 is 0 Å².